The minimum atomic E-state index is -4.69. The molecule has 2 aliphatic rings. The van der Waals surface area contributed by atoms with Gasteiger partial charge < -0.3 is 15.5 Å². The molecule has 0 radical (unpaired) electrons. The second-order valence-corrected chi connectivity index (χ2v) is 8.46. The SMILES string of the molecule is C=CC(=O)N1CCN(c2ncnc3c2CC[C@@H](c2c(F)c(N)cc(C)c2C(F)(F)F)C3)CC1. The van der Waals surface area contributed by atoms with Gasteiger partial charge in [-0.3, -0.25) is 4.79 Å². The number of hydrogen-bond acceptors (Lipinski definition) is 5. The molecule has 2 N–H and O–H groups in total. The van der Waals surface area contributed by atoms with Gasteiger partial charge in [-0.25, -0.2) is 14.4 Å². The molecule has 1 fully saturated rings. The number of nitrogens with zero attached hydrogens (tertiary/aromatic N) is 4. The van der Waals surface area contributed by atoms with Crippen molar-refractivity contribution in [1.82, 2.24) is 14.9 Å². The van der Waals surface area contributed by atoms with Crippen molar-refractivity contribution in [1.29, 1.82) is 0 Å². The summed E-state index contributed by atoms with van der Waals surface area (Å²) in [6, 6.07) is 1.04. The second kappa shape index (κ2) is 8.64. The van der Waals surface area contributed by atoms with Crippen LogP contribution in [0.2, 0.25) is 0 Å². The lowest BCUT2D eigenvalue weighted by molar-refractivity contribution is -0.139. The highest BCUT2D eigenvalue weighted by Crippen LogP contribution is 2.44. The number of fused-ring (bicyclic) bond motifs is 1. The van der Waals surface area contributed by atoms with Gasteiger partial charge in [0.05, 0.1) is 11.3 Å². The van der Waals surface area contributed by atoms with Crippen molar-refractivity contribution in [3.63, 3.8) is 0 Å². The number of hydrogen-bond donors (Lipinski definition) is 1. The molecule has 33 heavy (non-hydrogen) atoms. The van der Waals surface area contributed by atoms with Crippen molar-refractivity contribution in [3.8, 4) is 0 Å². The van der Waals surface area contributed by atoms with E-state index in [0.29, 0.717) is 44.7 Å². The quantitative estimate of drug-likeness (QED) is 0.428. The van der Waals surface area contributed by atoms with Gasteiger partial charge in [0.2, 0.25) is 5.91 Å². The Kier molecular flexibility index (Phi) is 6.02. The number of nitrogen functional groups attached to an aromatic ring is 1. The van der Waals surface area contributed by atoms with Crippen LogP contribution in [0.3, 0.4) is 0 Å². The van der Waals surface area contributed by atoms with Crippen LogP contribution in [-0.2, 0) is 23.8 Å². The highest BCUT2D eigenvalue weighted by molar-refractivity contribution is 5.87. The predicted octanol–water partition coefficient (Wildman–Crippen LogP) is 3.63. The molecule has 0 bridgehead atoms. The van der Waals surface area contributed by atoms with E-state index in [2.05, 4.69) is 21.4 Å². The van der Waals surface area contributed by atoms with Gasteiger partial charge in [-0.2, -0.15) is 13.2 Å². The lowest BCUT2D eigenvalue weighted by Gasteiger charge is -2.37. The summed E-state index contributed by atoms with van der Waals surface area (Å²) < 4.78 is 56.4. The zero-order valence-corrected chi connectivity index (χ0v) is 18.3. The Morgan fingerprint density at radius 2 is 1.94 bits per heavy atom. The third-order valence-corrected chi connectivity index (χ3v) is 6.48. The Labute approximate surface area is 189 Å². The highest BCUT2D eigenvalue weighted by Gasteiger charge is 2.40. The molecule has 0 unspecified atom stereocenters. The summed E-state index contributed by atoms with van der Waals surface area (Å²) in [5.74, 6) is -1.09. The number of amides is 1. The summed E-state index contributed by atoms with van der Waals surface area (Å²) in [4.78, 5) is 24.3. The number of anilines is 2. The molecule has 2 heterocycles. The predicted molar refractivity (Wildman–Crippen MR) is 116 cm³/mol. The van der Waals surface area contributed by atoms with Crippen molar-refractivity contribution in [2.45, 2.75) is 38.3 Å². The number of nitrogens with two attached hydrogens (primary N) is 1. The summed E-state index contributed by atoms with van der Waals surface area (Å²) in [5.41, 5.74) is 5.49. The molecular weight excluding hydrogens is 438 g/mol. The van der Waals surface area contributed by atoms with Crippen molar-refractivity contribution < 1.29 is 22.4 Å². The summed E-state index contributed by atoms with van der Waals surface area (Å²) >= 11 is 0. The minimum absolute atomic E-state index is 0.0856. The maximum atomic E-state index is 14.9. The molecule has 4 rings (SSSR count). The molecule has 0 spiro atoms. The van der Waals surface area contributed by atoms with E-state index >= 15 is 0 Å². The van der Waals surface area contributed by atoms with Gasteiger partial charge in [-0.05, 0) is 49.8 Å². The summed E-state index contributed by atoms with van der Waals surface area (Å²) in [7, 11) is 0. The third-order valence-electron chi connectivity index (χ3n) is 6.48. The lowest BCUT2D eigenvalue weighted by atomic mass is 9.79. The first-order valence-corrected chi connectivity index (χ1v) is 10.8. The lowest BCUT2D eigenvalue weighted by Crippen LogP contribution is -2.49. The second-order valence-electron chi connectivity index (χ2n) is 8.46. The third kappa shape index (κ3) is 4.26. The largest absolute Gasteiger partial charge is 0.417 e. The Balaban J connectivity index is 1.63. The molecule has 1 amide bonds. The summed E-state index contributed by atoms with van der Waals surface area (Å²) in [6.07, 6.45) is -1.09. The zero-order chi connectivity index (χ0) is 23.9. The van der Waals surface area contributed by atoms with E-state index in [1.807, 2.05) is 0 Å². The standard InChI is InChI=1S/C23H25F4N5O/c1-3-18(33)31-6-8-32(9-7-31)22-15-5-4-14(11-17(15)29-12-30-22)19-20(23(25,26)27)13(2)10-16(28)21(19)24/h3,10,12,14H,1,4-9,11,28H2,2H3/t14-/m1/s1. The van der Waals surface area contributed by atoms with Crippen LogP contribution in [0, 0.1) is 12.7 Å². The van der Waals surface area contributed by atoms with Crippen LogP contribution >= 0.6 is 0 Å². The molecule has 1 aromatic heterocycles. The van der Waals surface area contributed by atoms with Gasteiger partial charge in [0.1, 0.15) is 18.0 Å². The molecule has 176 valence electrons. The average Bonchev–Trinajstić information content (AvgIpc) is 2.79. The molecule has 1 saturated heterocycles. The molecule has 1 aromatic carbocycles. The Hall–Kier alpha value is -3.17. The first-order valence-electron chi connectivity index (χ1n) is 10.8. The fourth-order valence-corrected chi connectivity index (χ4v) is 4.92. The van der Waals surface area contributed by atoms with E-state index < -0.39 is 23.5 Å². The average molecular weight is 463 g/mol. The van der Waals surface area contributed by atoms with Crippen LogP contribution in [0.4, 0.5) is 29.1 Å². The van der Waals surface area contributed by atoms with Crippen molar-refractivity contribution in [3.05, 3.63) is 58.8 Å². The number of carbonyl (C=O) groups excluding carboxylic acids is 1. The maximum absolute atomic E-state index is 14.9. The van der Waals surface area contributed by atoms with E-state index in [4.69, 9.17) is 5.73 Å². The Morgan fingerprint density at radius 3 is 2.58 bits per heavy atom. The van der Waals surface area contributed by atoms with Crippen LogP contribution in [0.5, 0.6) is 0 Å². The van der Waals surface area contributed by atoms with E-state index in [1.165, 1.54) is 19.3 Å². The van der Waals surface area contributed by atoms with E-state index in [9.17, 15) is 22.4 Å². The van der Waals surface area contributed by atoms with E-state index in [1.54, 1.807) is 4.90 Å². The minimum Gasteiger partial charge on any atom is -0.396 e. The molecule has 0 saturated carbocycles. The van der Waals surface area contributed by atoms with Crippen molar-refractivity contribution in [2.75, 3.05) is 36.8 Å². The number of halogens is 4. The molecule has 1 aliphatic carbocycles. The summed E-state index contributed by atoms with van der Waals surface area (Å²) in [5, 5.41) is 0. The normalized spacial score (nSPS) is 18.8. The number of aryl methyl sites for hydroxylation is 1. The van der Waals surface area contributed by atoms with Crippen molar-refractivity contribution >= 4 is 17.4 Å². The number of alkyl halides is 3. The fourth-order valence-electron chi connectivity index (χ4n) is 4.92. The smallest absolute Gasteiger partial charge is 0.396 e. The van der Waals surface area contributed by atoms with Gasteiger partial charge >= 0.3 is 6.18 Å². The molecule has 6 nitrogen and oxygen atoms in total. The molecule has 1 atom stereocenters. The number of benzene rings is 1. The molecule has 2 aromatic rings. The van der Waals surface area contributed by atoms with Crippen LogP contribution in [0.25, 0.3) is 0 Å². The number of rotatable bonds is 3. The van der Waals surface area contributed by atoms with E-state index in [0.717, 1.165) is 17.4 Å². The highest BCUT2D eigenvalue weighted by atomic mass is 19.4. The van der Waals surface area contributed by atoms with Gasteiger partial charge in [-0.15, -0.1) is 0 Å². The van der Waals surface area contributed by atoms with Crippen LogP contribution in [-0.4, -0.2) is 47.0 Å². The maximum Gasteiger partial charge on any atom is 0.417 e. The Bertz CT molecular complexity index is 1090. The number of piperazine rings is 1. The Morgan fingerprint density at radius 1 is 1.24 bits per heavy atom. The van der Waals surface area contributed by atoms with Crippen LogP contribution < -0.4 is 10.6 Å². The van der Waals surface area contributed by atoms with Gasteiger partial charge in [0.15, 0.2) is 0 Å². The first-order chi connectivity index (χ1) is 15.6. The molecule has 1 aliphatic heterocycles. The van der Waals surface area contributed by atoms with E-state index in [-0.39, 0.29) is 29.1 Å². The summed E-state index contributed by atoms with van der Waals surface area (Å²) in [6.45, 7) is 7.01. The van der Waals surface area contributed by atoms with Crippen molar-refractivity contribution in [2.24, 2.45) is 0 Å². The monoisotopic (exact) mass is 463 g/mol. The fraction of sp³-hybridized carbons (Fsp3) is 0.435. The van der Waals surface area contributed by atoms with Gasteiger partial charge in [0, 0.05) is 43.0 Å². The first kappa shape index (κ1) is 23.0. The van der Waals surface area contributed by atoms with Gasteiger partial charge in [0.25, 0.3) is 0 Å². The topological polar surface area (TPSA) is 75.4 Å². The van der Waals surface area contributed by atoms with Gasteiger partial charge in [-0.1, -0.05) is 6.58 Å². The molecular formula is C23H25F4N5O. The number of carbonyl (C=O) groups is 1. The number of aromatic nitrogens is 2. The van der Waals surface area contributed by atoms with Crippen LogP contribution in [0.15, 0.2) is 25.0 Å². The zero-order valence-electron chi connectivity index (χ0n) is 18.3. The van der Waals surface area contributed by atoms with Crippen LogP contribution in [0.1, 0.15) is 40.3 Å². The molecule has 10 heteroatoms.